The van der Waals surface area contributed by atoms with Crippen LogP contribution in [0, 0.1) is 0 Å². The van der Waals surface area contributed by atoms with Gasteiger partial charge in [0.05, 0.1) is 9.98 Å². The minimum atomic E-state index is -0.713. The third-order valence-electron chi connectivity index (χ3n) is 4.38. The summed E-state index contributed by atoms with van der Waals surface area (Å²) >= 11 is 5.70. The first-order valence-corrected chi connectivity index (χ1v) is 11.7. The van der Waals surface area contributed by atoms with Gasteiger partial charge in [-0.15, -0.1) is 11.3 Å². The number of primary amides is 1. The largest absolute Gasteiger partial charge is 0.469 e. The molecule has 9 nitrogen and oxygen atoms in total. The van der Waals surface area contributed by atoms with Crippen LogP contribution in [0.4, 0.5) is 9.80 Å². The van der Waals surface area contributed by atoms with Crippen LogP contribution in [-0.2, 0) is 6.61 Å². The molecule has 0 radical (unpaired) electrons. The van der Waals surface area contributed by atoms with Crippen LogP contribution in [-0.4, -0.2) is 52.4 Å². The first-order valence-electron chi connectivity index (χ1n) is 9.32. The van der Waals surface area contributed by atoms with Crippen LogP contribution in [0.1, 0.15) is 41.0 Å². The molecule has 3 amide bonds. The SMILES string of the molecule is NC(=O)c1c(OCc2ncc(Br)s2)nsc1NC(=O)NCCCCN1CCCC1. The zero-order chi connectivity index (χ0) is 20.6. The van der Waals surface area contributed by atoms with Gasteiger partial charge in [-0.25, -0.2) is 9.78 Å². The Kier molecular flexibility index (Phi) is 8.21. The molecule has 2 aromatic rings. The minimum absolute atomic E-state index is 0.0646. The van der Waals surface area contributed by atoms with Gasteiger partial charge in [0.1, 0.15) is 22.2 Å². The number of aromatic nitrogens is 2. The van der Waals surface area contributed by atoms with Crippen molar-refractivity contribution in [3.8, 4) is 5.88 Å². The van der Waals surface area contributed by atoms with Gasteiger partial charge in [0.15, 0.2) is 0 Å². The highest BCUT2D eigenvalue weighted by Crippen LogP contribution is 2.31. The van der Waals surface area contributed by atoms with Gasteiger partial charge in [-0.05, 0) is 72.8 Å². The summed E-state index contributed by atoms with van der Waals surface area (Å²) in [6.45, 7) is 4.15. The first kappa shape index (κ1) is 21.9. The molecule has 1 fully saturated rings. The molecule has 29 heavy (non-hydrogen) atoms. The van der Waals surface area contributed by atoms with E-state index in [0.717, 1.165) is 39.7 Å². The molecular weight excluding hydrogens is 480 g/mol. The quantitative estimate of drug-likeness (QED) is 0.429. The minimum Gasteiger partial charge on any atom is -0.469 e. The van der Waals surface area contributed by atoms with E-state index in [-0.39, 0.29) is 23.1 Å². The number of carbonyl (C=O) groups excluding carboxylic acids is 2. The molecule has 12 heteroatoms. The van der Waals surface area contributed by atoms with Crippen LogP contribution < -0.4 is 21.1 Å². The Balaban J connectivity index is 1.45. The smallest absolute Gasteiger partial charge is 0.319 e. The molecular formula is C17H23BrN6O3S2. The third-order valence-corrected chi connectivity index (χ3v) is 6.57. The molecule has 1 aliphatic rings. The number of anilines is 1. The van der Waals surface area contributed by atoms with Gasteiger partial charge in [0, 0.05) is 6.54 Å². The number of rotatable bonds is 10. The van der Waals surface area contributed by atoms with Gasteiger partial charge in [-0.3, -0.25) is 10.1 Å². The Morgan fingerprint density at radius 3 is 2.79 bits per heavy atom. The van der Waals surface area contributed by atoms with Crippen molar-refractivity contribution in [1.82, 2.24) is 19.6 Å². The normalized spacial score (nSPS) is 14.1. The lowest BCUT2D eigenvalue weighted by atomic mass is 10.3. The Bertz CT molecular complexity index is 837. The number of unbranched alkanes of at least 4 members (excludes halogenated alkanes) is 1. The van der Waals surface area contributed by atoms with Crippen molar-refractivity contribution in [1.29, 1.82) is 0 Å². The second-order valence-corrected chi connectivity index (χ2v) is 9.81. The van der Waals surface area contributed by atoms with Crippen LogP contribution in [0.15, 0.2) is 9.98 Å². The van der Waals surface area contributed by atoms with E-state index in [2.05, 4.69) is 40.8 Å². The van der Waals surface area contributed by atoms with E-state index in [9.17, 15) is 9.59 Å². The highest BCUT2D eigenvalue weighted by atomic mass is 79.9. The summed E-state index contributed by atoms with van der Waals surface area (Å²) in [5, 5.41) is 6.43. The van der Waals surface area contributed by atoms with Gasteiger partial charge >= 0.3 is 6.03 Å². The number of thiazole rings is 1. The average Bonchev–Trinajstić information content (AvgIpc) is 3.41. The lowest BCUT2D eigenvalue weighted by Crippen LogP contribution is -2.30. The second kappa shape index (κ2) is 10.9. The van der Waals surface area contributed by atoms with E-state index in [1.165, 1.54) is 37.3 Å². The van der Waals surface area contributed by atoms with Gasteiger partial charge < -0.3 is 20.7 Å². The lowest BCUT2D eigenvalue weighted by molar-refractivity contribution is 0.0996. The van der Waals surface area contributed by atoms with E-state index in [1.807, 2.05) is 0 Å². The second-order valence-electron chi connectivity index (χ2n) is 6.54. The Hall–Kier alpha value is -1.76. The van der Waals surface area contributed by atoms with E-state index < -0.39 is 11.9 Å². The van der Waals surface area contributed by atoms with Crippen molar-refractivity contribution in [2.24, 2.45) is 5.73 Å². The molecule has 0 saturated carbocycles. The van der Waals surface area contributed by atoms with Gasteiger partial charge in [-0.1, -0.05) is 0 Å². The highest BCUT2D eigenvalue weighted by Gasteiger charge is 2.22. The summed E-state index contributed by atoms with van der Waals surface area (Å²) in [7, 11) is 0. The summed E-state index contributed by atoms with van der Waals surface area (Å²) in [4.78, 5) is 30.6. The third kappa shape index (κ3) is 6.63. The van der Waals surface area contributed by atoms with Crippen LogP contribution >= 0.6 is 38.8 Å². The fourth-order valence-electron chi connectivity index (χ4n) is 2.98. The molecule has 0 atom stereocenters. The molecule has 1 aliphatic heterocycles. The Morgan fingerprint density at radius 2 is 2.10 bits per heavy atom. The molecule has 3 rings (SSSR count). The number of carbonyl (C=O) groups is 2. The molecule has 1 saturated heterocycles. The average molecular weight is 503 g/mol. The summed E-state index contributed by atoms with van der Waals surface area (Å²) in [6.07, 6.45) is 6.17. The van der Waals surface area contributed by atoms with Gasteiger partial charge in [0.2, 0.25) is 5.88 Å². The number of nitrogens with two attached hydrogens (primary N) is 1. The van der Waals surface area contributed by atoms with Crippen molar-refractivity contribution < 1.29 is 14.3 Å². The topological polar surface area (TPSA) is 122 Å². The van der Waals surface area contributed by atoms with Crippen molar-refractivity contribution >= 4 is 55.7 Å². The van der Waals surface area contributed by atoms with Crippen molar-refractivity contribution in [2.75, 3.05) is 31.5 Å². The predicted molar refractivity (Wildman–Crippen MR) is 117 cm³/mol. The molecule has 2 aromatic heterocycles. The van der Waals surface area contributed by atoms with Crippen molar-refractivity contribution in [2.45, 2.75) is 32.3 Å². The Morgan fingerprint density at radius 1 is 1.31 bits per heavy atom. The van der Waals surface area contributed by atoms with Crippen molar-refractivity contribution in [3.63, 3.8) is 0 Å². The van der Waals surface area contributed by atoms with Crippen molar-refractivity contribution in [3.05, 3.63) is 20.6 Å². The first-order chi connectivity index (χ1) is 14.0. The monoisotopic (exact) mass is 502 g/mol. The molecule has 0 aliphatic carbocycles. The zero-order valence-electron chi connectivity index (χ0n) is 15.8. The summed E-state index contributed by atoms with van der Waals surface area (Å²) in [6, 6.07) is -0.396. The fraction of sp³-hybridized carbons (Fsp3) is 0.529. The maximum atomic E-state index is 12.1. The standard InChI is InChI=1S/C17H23BrN6O3S2/c18-11-9-21-12(28-11)10-27-15-13(14(19)25)16(29-23-15)22-17(26)20-5-1-2-6-24-7-3-4-8-24/h9H,1-8,10H2,(H2,19,25)(H2,20,22,26). The summed E-state index contributed by atoms with van der Waals surface area (Å²) in [5.74, 6) is -0.621. The number of hydrogen-bond acceptors (Lipinski definition) is 8. The molecule has 3 heterocycles. The number of nitrogens with one attached hydrogen (secondary N) is 2. The number of amides is 3. The zero-order valence-corrected chi connectivity index (χ0v) is 19.0. The van der Waals surface area contributed by atoms with E-state index in [0.29, 0.717) is 6.54 Å². The van der Waals surface area contributed by atoms with Crippen LogP contribution in [0.2, 0.25) is 0 Å². The molecule has 0 spiro atoms. The van der Waals surface area contributed by atoms with Crippen LogP contribution in [0.25, 0.3) is 0 Å². The van der Waals surface area contributed by atoms with E-state index >= 15 is 0 Å². The molecule has 0 aromatic carbocycles. The van der Waals surface area contributed by atoms with Gasteiger partial charge in [-0.2, -0.15) is 4.37 Å². The fourth-order valence-corrected chi connectivity index (χ4v) is 4.93. The number of likely N-dealkylation sites (tertiary alicyclic amines) is 1. The maximum Gasteiger partial charge on any atom is 0.319 e. The number of nitrogens with zero attached hydrogens (tertiary/aromatic N) is 3. The van der Waals surface area contributed by atoms with Gasteiger partial charge in [0.25, 0.3) is 5.91 Å². The molecule has 4 N–H and O–H groups in total. The highest BCUT2D eigenvalue weighted by molar-refractivity contribution is 9.11. The summed E-state index contributed by atoms with van der Waals surface area (Å²) in [5.41, 5.74) is 5.52. The molecule has 158 valence electrons. The van der Waals surface area contributed by atoms with E-state index in [4.69, 9.17) is 10.5 Å². The maximum absolute atomic E-state index is 12.1. The number of hydrogen-bond donors (Lipinski definition) is 3. The summed E-state index contributed by atoms with van der Waals surface area (Å²) < 4.78 is 10.6. The number of ether oxygens (including phenoxy) is 1. The van der Waals surface area contributed by atoms with Crippen LogP contribution in [0.3, 0.4) is 0 Å². The van der Waals surface area contributed by atoms with Crippen LogP contribution in [0.5, 0.6) is 5.88 Å². The Labute approximate surface area is 185 Å². The predicted octanol–water partition coefficient (Wildman–Crippen LogP) is 3.04. The molecule has 0 bridgehead atoms. The molecule has 0 unspecified atom stereocenters. The lowest BCUT2D eigenvalue weighted by Gasteiger charge is -2.14. The number of halogens is 1. The van der Waals surface area contributed by atoms with E-state index in [1.54, 1.807) is 6.20 Å². The number of urea groups is 1.